The number of ether oxygens (including phenoxy) is 1. The first-order valence-electron chi connectivity index (χ1n) is 8.17. The van der Waals surface area contributed by atoms with E-state index >= 15 is 0 Å². The summed E-state index contributed by atoms with van der Waals surface area (Å²) in [6.45, 7) is 2.05. The first kappa shape index (κ1) is 16.7. The van der Waals surface area contributed by atoms with Crippen LogP contribution in [0.2, 0.25) is 0 Å². The van der Waals surface area contributed by atoms with E-state index < -0.39 is 11.6 Å². The normalized spacial score (nSPS) is 11.1. The summed E-state index contributed by atoms with van der Waals surface area (Å²) in [7, 11) is 0. The Hall–Kier alpha value is -3.14. The molecule has 0 atom stereocenters. The summed E-state index contributed by atoms with van der Waals surface area (Å²) in [4.78, 5) is 23.6. The van der Waals surface area contributed by atoms with Crippen LogP contribution in [0.25, 0.3) is 17.0 Å². The number of hydrogen-bond donors (Lipinski definition) is 0. The Morgan fingerprint density at radius 3 is 2.68 bits per heavy atom. The number of carbonyl (C=O) groups is 1. The monoisotopic (exact) mass is 334 g/mol. The molecule has 25 heavy (non-hydrogen) atoms. The minimum Gasteiger partial charge on any atom is -0.423 e. The lowest BCUT2D eigenvalue weighted by atomic mass is 10.1. The van der Waals surface area contributed by atoms with E-state index in [2.05, 4.69) is 6.92 Å². The van der Waals surface area contributed by atoms with Crippen LogP contribution in [0.5, 0.6) is 5.75 Å². The number of fused-ring (bicyclic) bond motifs is 1. The molecule has 4 nitrogen and oxygen atoms in total. The van der Waals surface area contributed by atoms with Gasteiger partial charge in [-0.25, -0.2) is 9.59 Å². The van der Waals surface area contributed by atoms with Gasteiger partial charge in [0.1, 0.15) is 11.3 Å². The summed E-state index contributed by atoms with van der Waals surface area (Å²) >= 11 is 0. The maximum absolute atomic E-state index is 12.0. The van der Waals surface area contributed by atoms with Crippen LogP contribution in [0.15, 0.2) is 69.9 Å². The zero-order valence-electron chi connectivity index (χ0n) is 13.9. The fraction of sp³-hybridized carbons (Fsp3) is 0.143. The standard InChI is InChI=1S/C21H18O4/c1-2-6-16-13-21(23)25-19-14-17(10-11-18(16)19)24-20(22)12-9-15-7-4-3-5-8-15/h3-5,7-14H,2,6H2,1H3/b12-9+. The average Bonchev–Trinajstić information content (AvgIpc) is 2.61. The van der Waals surface area contributed by atoms with Crippen molar-refractivity contribution in [2.24, 2.45) is 0 Å². The van der Waals surface area contributed by atoms with Crippen LogP contribution in [-0.4, -0.2) is 5.97 Å². The topological polar surface area (TPSA) is 56.5 Å². The molecule has 0 radical (unpaired) electrons. The Labute approximate surface area is 145 Å². The molecule has 1 heterocycles. The lowest BCUT2D eigenvalue weighted by Gasteiger charge is -2.06. The van der Waals surface area contributed by atoms with Crippen molar-refractivity contribution < 1.29 is 13.9 Å². The third kappa shape index (κ3) is 4.23. The summed E-state index contributed by atoms with van der Waals surface area (Å²) in [5.74, 6) is -0.151. The highest BCUT2D eigenvalue weighted by molar-refractivity contribution is 5.89. The van der Waals surface area contributed by atoms with Crippen molar-refractivity contribution in [3.63, 3.8) is 0 Å². The first-order chi connectivity index (χ1) is 12.2. The minimum absolute atomic E-state index is 0.340. The second-order valence-corrected chi connectivity index (χ2v) is 5.66. The molecule has 2 aromatic carbocycles. The molecule has 0 aliphatic rings. The molecule has 0 unspecified atom stereocenters. The third-order valence-corrected chi connectivity index (χ3v) is 3.75. The second-order valence-electron chi connectivity index (χ2n) is 5.66. The molecule has 0 saturated carbocycles. The fourth-order valence-electron chi connectivity index (χ4n) is 2.63. The summed E-state index contributed by atoms with van der Waals surface area (Å²) in [5.41, 5.74) is 1.88. The maximum Gasteiger partial charge on any atom is 0.336 e. The van der Waals surface area contributed by atoms with Crippen LogP contribution < -0.4 is 10.4 Å². The van der Waals surface area contributed by atoms with Gasteiger partial charge in [-0.05, 0) is 35.8 Å². The smallest absolute Gasteiger partial charge is 0.336 e. The molecule has 0 aliphatic carbocycles. The van der Waals surface area contributed by atoms with Gasteiger partial charge >= 0.3 is 11.6 Å². The molecule has 0 spiro atoms. The summed E-state index contributed by atoms with van der Waals surface area (Å²) in [6.07, 6.45) is 4.77. The Morgan fingerprint density at radius 2 is 1.92 bits per heavy atom. The van der Waals surface area contributed by atoms with Gasteiger partial charge in [0.15, 0.2) is 0 Å². The highest BCUT2D eigenvalue weighted by Gasteiger charge is 2.08. The summed E-state index contributed by atoms with van der Waals surface area (Å²) in [6, 6.07) is 16.1. The Balaban J connectivity index is 1.81. The van der Waals surface area contributed by atoms with Gasteiger partial charge in [-0.1, -0.05) is 43.7 Å². The second kappa shape index (κ2) is 7.62. The Bertz CT molecular complexity index is 968. The molecule has 0 fully saturated rings. The van der Waals surface area contributed by atoms with E-state index in [0.717, 1.165) is 29.4 Å². The van der Waals surface area contributed by atoms with Gasteiger partial charge in [0.2, 0.25) is 0 Å². The van der Waals surface area contributed by atoms with Gasteiger partial charge in [0.25, 0.3) is 0 Å². The molecule has 1 aromatic heterocycles. The predicted octanol–water partition coefficient (Wildman–Crippen LogP) is 4.36. The van der Waals surface area contributed by atoms with E-state index in [-0.39, 0.29) is 0 Å². The van der Waals surface area contributed by atoms with Crippen molar-refractivity contribution in [2.45, 2.75) is 19.8 Å². The molecular formula is C21H18O4. The van der Waals surface area contributed by atoms with E-state index in [1.54, 1.807) is 18.2 Å². The molecule has 4 heteroatoms. The van der Waals surface area contributed by atoms with E-state index in [9.17, 15) is 9.59 Å². The van der Waals surface area contributed by atoms with Gasteiger partial charge in [-0.15, -0.1) is 0 Å². The Morgan fingerprint density at radius 1 is 1.12 bits per heavy atom. The largest absolute Gasteiger partial charge is 0.423 e. The quantitative estimate of drug-likeness (QED) is 0.301. The lowest BCUT2D eigenvalue weighted by Crippen LogP contribution is -2.04. The van der Waals surface area contributed by atoms with Crippen LogP contribution in [0.1, 0.15) is 24.5 Å². The molecular weight excluding hydrogens is 316 g/mol. The van der Waals surface area contributed by atoms with E-state index in [0.29, 0.717) is 11.3 Å². The summed E-state index contributed by atoms with van der Waals surface area (Å²) in [5, 5.41) is 0.862. The number of carbonyl (C=O) groups excluding carboxylic acids is 1. The fourth-order valence-corrected chi connectivity index (χ4v) is 2.63. The number of benzene rings is 2. The van der Waals surface area contributed by atoms with Gasteiger partial charge in [0.05, 0.1) is 0 Å². The zero-order chi connectivity index (χ0) is 17.6. The van der Waals surface area contributed by atoms with Crippen molar-refractivity contribution in [1.82, 2.24) is 0 Å². The van der Waals surface area contributed by atoms with Crippen LogP contribution in [0, 0.1) is 0 Å². The number of aryl methyl sites for hydroxylation is 1. The van der Waals surface area contributed by atoms with E-state index in [4.69, 9.17) is 9.15 Å². The zero-order valence-corrected chi connectivity index (χ0v) is 13.9. The maximum atomic E-state index is 12.0. The highest BCUT2D eigenvalue weighted by atomic mass is 16.5. The van der Waals surface area contributed by atoms with Gasteiger partial charge in [0, 0.05) is 23.6 Å². The first-order valence-corrected chi connectivity index (χ1v) is 8.17. The minimum atomic E-state index is -0.490. The lowest BCUT2D eigenvalue weighted by molar-refractivity contribution is -0.128. The molecule has 0 saturated heterocycles. The average molecular weight is 334 g/mol. The van der Waals surface area contributed by atoms with Crippen LogP contribution in [0.4, 0.5) is 0 Å². The highest BCUT2D eigenvalue weighted by Crippen LogP contribution is 2.23. The SMILES string of the molecule is CCCc1cc(=O)oc2cc(OC(=O)/C=C/c3ccccc3)ccc12. The van der Waals surface area contributed by atoms with Gasteiger partial charge in [-0.2, -0.15) is 0 Å². The Kier molecular flexibility index (Phi) is 5.09. The van der Waals surface area contributed by atoms with Crippen LogP contribution >= 0.6 is 0 Å². The van der Waals surface area contributed by atoms with Crippen molar-refractivity contribution in [2.75, 3.05) is 0 Å². The third-order valence-electron chi connectivity index (χ3n) is 3.75. The molecule has 0 amide bonds. The van der Waals surface area contributed by atoms with Crippen molar-refractivity contribution in [1.29, 1.82) is 0 Å². The van der Waals surface area contributed by atoms with Crippen molar-refractivity contribution >= 4 is 23.0 Å². The molecule has 0 N–H and O–H groups in total. The van der Waals surface area contributed by atoms with E-state index in [1.165, 1.54) is 12.1 Å². The van der Waals surface area contributed by atoms with Gasteiger partial charge < -0.3 is 9.15 Å². The summed E-state index contributed by atoms with van der Waals surface area (Å²) < 4.78 is 10.5. The van der Waals surface area contributed by atoms with Crippen molar-refractivity contribution in [3.05, 3.63) is 82.2 Å². The number of esters is 1. The molecule has 3 rings (SSSR count). The molecule has 3 aromatic rings. The van der Waals surface area contributed by atoms with E-state index in [1.807, 2.05) is 36.4 Å². The molecule has 0 aliphatic heterocycles. The van der Waals surface area contributed by atoms with Crippen LogP contribution in [0.3, 0.4) is 0 Å². The van der Waals surface area contributed by atoms with Crippen molar-refractivity contribution in [3.8, 4) is 5.75 Å². The number of rotatable bonds is 5. The van der Waals surface area contributed by atoms with Gasteiger partial charge in [-0.3, -0.25) is 0 Å². The van der Waals surface area contributed by atoms with Crippen LogP contribution in [-0.2, 0) is 11.2 Å². The number of hydrogen-bond acceptors (Lipinski definition) is 4. The molecule has 126 valence electrons. The molecule has 0 bridgehead atoms. The predicted molar refractivity (Wildman–Crippen MR) is 97.6 cm³/mol.